The summed E-state index contributed by atoms with van der Waals surface area (Å²) in [5.74, 6) is 0. The summed E-state index contributed by atoms with van der Waals surface area (Å²) in [6.45, 7) is 8.70. The summed E-state index contributed by atoms with van der Waals surface area (Å²) in [4.78, 5) is 24.0. The Balaban J connectivity index is 3.09. The lowest BCUT2D eigenvalue weighted by Gasteiger charge is -2.40. The zero-order valence-corrected chi connectivity index (χ0v) is 16.9. The standard InChI is InChI=1S/C18H28BrN3O3/c1-17(2,11-18(3,4)25-16(21)24)12-22(15(19)10-23)14-8-6-5-7-13(14)9-20/h5-8,10,15H,9,11-12,20H2,1-4H3,(H2,21,24). The van der Waals surface area contributed by atoms with Crippen molar-refractivity contribution in [1.82, 2.24) is 0 Å². The second-order valence-corrected chi connectivity index (χ2v) is 8.43. The van der Waals surface area contributed by atoms with E-state index in [1.807, 2.05) is 43.0 Å². The number of primary amides is 1. The van der Waals surface area contributed by atoms with Crippen LogP contribution in [0.15, 0.2) is 24.3 Å². The number of hydrogen-bond acceptors (Lipinski definition) is 5. The number of benzene rings is 1. The number of nitrogens with zero attached hydrogens (tertiary/aromatic N) is 1. The van der Waals surface area contributed by atoms with Crippen LogP contribution in [0.4, 0.5) is 10.5 Å². The molecular formula is C18H28BrN3O3. The number of anilines is 1. The summed E-state index contributed by atoms with van der Waals surface area (Å²) in [7, 11) is 0. The largest absolute Gasteiger partial charge is 0.444 e. The molecule has 6 nitrogen and oxygen atoms in total. The summed E-state index contributed by atoms with van der Waals surface area (Å²) in [6, 6.07) is 7.73. The van der Waals surface area contributed by atoms with Crippen LogP contribution < -0.4 is 16.4 Å². The molecular weight excluding hydrogens is 386 g/mol. The number of carbonyl (C=O) groups is 2. The molecule has 7 heteroatoms. The first-order valence-electron chi connectivity index (χ1n) is 8.14. The van der Waals surface area contributed by atoms with Crippen molar-refractivity contribution in [2.75, 3.05) is 11.4 Å². The van der Waals surface area contributed by atoms with Gasteiger partial charge in [-0.2, -0.15) is 0 Å². The molecule has 140 valence electrons. The first-order valence-corrected chi connectivity index (χ1v) is 9.05. The number of ether oxygens (including phenoxy) is 1. The minimum absolute atomic E-state index is 0.268. The van der Waals surface area contributed by atoms with Crippen LogP contribution in [0.1, 0.15) is 39.7 Å². The monoisotopic (exact) mass is 413 g/mol. The molecule has 0 fully saturated rings. The smallest absolute Gasteiger partial charge is 0.405 e. The number of nitrogens with two attached hydrogens (primary N) is 2. The van der Waals surface area contributed by atoms with E-state index in [-0.39, 0.29) is 5.41 Å². The highest BCUT2D eigenvalue weighted by molar-refractivity contribution is 9.10. The quantitative estimate of drug-likeness (QED) is 0.368. The van der Waals surface area contributed by atoms with Gasteiger partial charge in [0.1, 0.15) is 10.6 Å². The van der Waals surface area contributed by atoms with E-state index in [0.717, 1.165) is 17.5 Å². The molecule has 0 aliphatic heterocycles. The molecule has 1 atom stereocenters. The van der Waals surface area contributed by atoms with Gasteiger partial charge in [0.25, 0.3) is 0 Å². The van der Waals surface area contributed by atoms with Crippen LogP contribution in [0.2, 0.25) is 0 Å². The third kappa shape index (κ3) is 6.66. The molecule has 0 spiro atoms. The van der Waals surface area contributed by atoms with Gasteiger partial charge in [-0.15, -0.1) is 0 Å². The summed E-state index contributed by atoms with van der Waals surface area (Å²) in [5.41, 5.74) is 11.9. The molecule has 4 N–H and O–H groups in total. The number of hydrogen-bond donors (Lipinski definition) is 2. The number of amides is 1. The average Bonchev–Trinajstić information content (AvgIpc) is 2.49. The van der Waals surface area contributed by atoms with E-state index in [0.29, 0.717) is 19.5 Å². The van der Waals surface area contributed by atoms with Gasteiger partial charge in [0, 0.05) is 18.8 Å². The molecule has 25 heavy (non-hydrogen) atoms. The average molecular weight is 414 g/mol. The fourth-order valence-electron chi connectivity index (χ4n) is 3.32. The van der Waals surface area contributed by atoms with Crippen molar-refractivity contribution in [3.05, 3.63) is 29.8 Å². The van der Waals surface area contributed by atoms with E-state index in [4.69, 9.17) is 16.2 Å². The molecule has 0 heterocycles. The van der Waals surface area contributed by atoms with Gasteiger partial charge in [-0.1, -0.05) is 48.0 Å². The van der Waals surface area contributed by atoms with Gasteiger partial charge in [-0.25, -0.2) is 4.79 Å². The van der Waals surface area contributed by atoms with Crippen molar-refractivity contribution < 1.29 is 14.3 Å². The SMILES string of the molecule is CC(C)(CN(c1ccccc1CN)C(Br)C=O)CC(C)(C)OC(N)=O. The third-order valence-electron chi connectivity index (χ3n) is 3.81. The first-order chi connectivity index (χ1) is 11.5. The third-order valence-corrected chi connectivity index (χ3v) is 4.52. The minimum atomic E-state index is -0.794. The second-order valence-electron chi connectivity index (χ2n) is 7.49. The molecule has 0 aliphatic carbocycles. The highest BCUT2D eigenvalue weighted by atomic mass is 79.9. The number of halogens is 1. The van der Waals surface area contributed by atoms with Crippen molar-refractivity contribution in [3.8, 4) is 0 Å². The van der Waals surface area contributed by atoms with Crippen LogP contribution in [0.25, 0.3) is 0 Å². The molecule has 1 aromatic carbocycles. The number of rotatable bonds is 9. The predicted molar refractivity (Wildman–Crippen MR) is 104 cm³/mol. The number of para-hydroxylation sites is 1. The van der Waals surface area contributed by atoms with E-state index < -0.39 is 16.6 Å². The second kappa shape index (κ2) is 8.67. The van der Waals surface area contributed by atoms with Crippen molar-refractivity contribution >= 4 is 34.0 Å². The van der Waals surface area contributed by atoms with Gasteiger partial charge in [0.2, 0.25) is 0 Å². The Bertz CT molecular complexity index is 605. The molecule has 0 bridgehead atoms. The minimum Gasteiger partial charge on any atom is -0.444 e. The molecule has 1 rings (SSSR count). The normalized spacial score (nSPS) is 13.2. The Morgan fingerprint density at radius 2 is 1.92 bits per heavy atom. The van der Waals surface area contributed by atoms with E-state index in [9.17, 15) is 9.59 Å². The van der Waals surface area contributed by atoms with E-state index in [1.54, 1.807) is 0 Å². The topological polar surface area (TPSA) is 98.7 Å². The van der Waals surface area contributed by atoms with Crippen LogP contribution >= 0.6 is 15.9 Å². The lowest BCUT2D eigenvalue weighted by atomic mass is 9.81. The fraction of sp³-hybridized carbons (Fsp3) is 0.556. The molecule has 0 aliphatic rings. The lowest BCUT2D eigenvalue weighted by molar-refractivity contribution is -0.107. The molecule has 0 radical (unpaired) electrons. The van der Waals surface area contributed by atoms with Crippen molar-refractivity contribution in [1.29, 1.82) is 0 Å². The maximum absolute atomic E-state index is 11.4. The Hall–Kier alpha value is -1.60. The highest BCUT2D eigenvalue weighted by Gasteiger charge is 2.34. The van der Waals surface area contributed by atoms with Crippen LogP contribution in [-0.2, 0) is 16.1 Å². The van der Waals surface area contributed by atoms with Crippen LogP contribution in [-0.4, -0.2) is 29.5 Å². The molecule has 0 aromatic heterocycles. The molecule has 0 saturated heterocycles. The van der Waals surface area contributed by atoms with Gasteiger partial charge in [0.05, 0.1) is 0 Å². The Labute approximate surface area is 158 Å². The van der Waals surface area contributed by atoms with Crippen LogP contribution in [0.3, 0.4) is 0 Å². The maximum Gasteiger partial charge on any atom is 0.405 e. The first kappa shape index (κ1) is 21.4. The molecule has 1 aromatic rings. The number of alkyl halides is 1. The Morgan fingerprint density at radius 1 is 1.32 bits per heavy atom. The Morgan fingerprint density at radius 3 is 2.44 bits per heavy atom. The summed E-state index contributed by atoms with van der Waals surface area (Å²) in [6.07, 6.45) is 0.620. The van der Waals surface area contributed by atoms with Gasteiger partial charge in [-0.05, 0) is 37.3 Å². The number of aldehydes is 1. The van der Waals surface area contributed by atoms with E-state index in [1.165, 1.54) is 0 Å². The number of carbonyl (C=O) groups excluding carboxylic acids is 2. The van der Waals surface area contributed by atoms with Crippen molar-refractivity contribution in [2.45, 2.75) is 51.2 Å². The zero-order chi connectivity index (χ0) is 19.3. The van der Waals surface area contributed by atoms with Crippen LogP contribution in [0, 0.1) is 5.41 Å². The summed E-state index contributed by atoms with van der Waals surface area (Å²) in [5, 5.41) is 0. The Kier molecular flexibility index (Phi) is 7.44. The summed E-state index contributed by atoms with van der Waals surface area (Å²) < 4.78 is 5.21. The zero-order valence-electron chi connectivity index (χ0n) is 15.3. The van der Waals surface area contributed by atoms with Gasteiger partial charge in [-0.3, -0.25) is 0 Å². The molecule has 0 saturated carbocycles. The highest BCUT2D eigenvalue weighted by Crippen LogP contribution is 2.34. The van der Waals surface area contributed by atoms with E-state index >= 15 is 0 Å². The van der Waals surface area contributed by atoms with Crippen LogP contribution in [0.5, 0.6) is 0 Å². The van der Waals surface area contributed by atoms with Gasteiger partial charge < -0.3 is 25.9 Å². The summed E-state index contributed by atoms with van der Waals surface area (Å²) >= 11 is 3.43. The van der Waals surface area contributed by atoms with Gasteiger partial charge >= 0.3 is 6.09 Å². The fourth-order valence-corrected chi connectivity index (χ4v) is 3.69. The lowest BCUT2D eigenvalue weighted by Crippen LogP contribution is -2.44. The van der Waals surface area contributed by atoms with Gasteiger partial charge in [0.15, 0.2) is 6.29 Å². The predicted octanol–water partition coefficient (Wildman–Crippen LogP) is 3.16. The van der Waals surface area contributed by atoms with E-state index in [2.05, 4.69) is 29.8 Å². The molecule has 1 amide bonds. The maximum atomic E-state index is 11.4. The van der Waals surface area contributed by atoms with Crippen molar-refractivity contribution in [3.63, 3.8) is 0 Å². The van der Waals surface area contributed by atoms with Crippen molar-refractivity contribution in [2.24, 2.45) is 16.9 Å². The molecule has 1 unspecified atom stereocenters.